The molecule has 1 atom stereocenters. The molecule has 1 aromatic rings. The standard InChI is InChI=1S/C12H16ClNO/c1-12(8-15,14-9-6-7-9)10-4-2-3-5-11(10)13/h2-5,9,14-15H,6-8H2,1H3. The lowest BCUT2D eigenvalue weighted by Crippen LogP contribution is -2.44. The summed E-state index contributed by atoms with van der Waals surface area (Å²) in [6.07, 6.45) is 2.39. The van der Waals surface area contributed by atoms with Gasteiger partial charge in [-0.25, -0.2) is 0 Å². The Morgan fingerprint density at radius 1 is 1.47 bits per heavy atom. The Labute approximate surface area is 95.3 Å². The zero-order valence-corrected chi connectivity index (χ0v) is 9.59. The Morgan fingerprint density at radius 3 is 2.67 bits per heavy atom. The Hall–Kier alpha value is -0.570. The van der Waals surface area contributed by atoms with Gasteiger partial charge in [-0.05, 0) is 31.4 Å². The van der Waals surface area contributed by atoms with Gasteiger partial charge in [-0.3, -0.25) is 0 Å². The number of hydrogen-bond donors (Lipinski definition) is 2. The van der Waals surface area contributed by atoms with Crippen LogP contribution < -0.4 is 5.32 Å². The molecule has 0 radical (unpaired) electrons. The summed E-state index contributed by atoms with van der Waals surface area (Å²) in [6.45, 7) is 2.06. The minimum absolute atomic E-state index is 0.0627. The third-order valence-electron chi connectivity index (χ3n) is 2.88. The Bertz CT molecular complexity index is 351. The van der Waals surface area contributed by atoms with Crippen LogP contribution in [0.5, 0.6) is 0 Å². The van der Waals surface area contributed by atoms with E-state index in [2.05, 4.69) is 5.32 Å². The van der Waals surface area contributed by atoms with Crippen LogP contribution in [-0.2, 0) is 5.54 Å². The summed E-state index contributed by atoms with van der Waals surface area (Å²) in [5.74, 6) is 0. The fraction of sp³-hybridized carbons (Fsp3) is 0.500. The molecule has 2 N–H and O–H groups in total. The number of benzene rings is 1. The molecule has 0 saturated heterocycles. The highest BCUT2D eigenvalue weighted by Crippen LogP contribution is 2.31. The van der Waals surface area contributed by atoms with Crippen LogP contribution in [-0.4, -0.2) is 17.8 Å². The van der Waals surface area contributed by atoms with Gasteiger partial charge in [0, 0.05) is 11.1 Å². The summed E-state index contributed by atoms with van der Waals surface area (Å²) in [5.41, 5.74) is 0.556. The van der Waals surface area contributed by atoms with E-state index in [1.54, 1.807) is 0 Å². The summed E-state index contributed by atoms with van der Waals surface area (Å²) in [7, 11) is 0. The van der Waals surface area contributed by atoms with Crippen LogP contribution in [0.25, 0.3) is 0 Å². The second-order valence-corrected chi connectivity index (χ2v) is 4.80. The van der Waals surface area contributed by atoms with Crippen molar-refractivity contribution in [3.63, 3.8) is 0 Å². The van der Waals surface area contributed by atoms with E-state index >= 15 is 0 Å². The van der Waals surface area contributed by atoms with Gasteiger partial charge in [-0.2, -0.15) is 0 Å². The van der Waals surface area contributed by atoms with E-state index in [1.807, 2.05) is 31.2 Å². The van der Waals surface area contributed by atoms with Crippen molar-refractivity contribution >= 4 is 11.6 Å². The number of aliphatic hydroxyl groups is 1. The van der Waals surface area contributed by atoms with Crippen molar-refractivity contribution in [3.8, 4) is 0 Å². The third-order valence-corrected chi connectivity index (χ3v) is 3.21. The average molecular weight is 226 g/mol. The topological polar surface area (TPSA) is 32.3 Å². The minimum Gasteiger partial charge on any atom is -0.394 e. The fourth-order valence-corrected chi connectivity index (χ4v) is 2.14. The number of nitrogens with one attached hydrogen (secondary N) is 1. The van der Waals surface area contributed by atoms with E-state index in [0.29, 0.717) is 11.1 Å². The normalized spacial score (nSPS) is 19.9. The highest BCUT2D eigenvalue weighted by Gasteiger charge is 2.34. The van der Waals surface area contributed by atoms with Crippen LogP contribution in [0.2, 0.25) is 5.02 Å². The number of hydrogen-bond acceptors (Lipinski definition) is 2. The molecule has 1 unspecified atom stereocenters. The Kier molecular flexibility index (Phi) is 3.01. The van der Waals surface area contributed by atoms with Crippen LogP contribution in [0, 0.1) is 0 Å². The summed E-state index contributed by atoms with van der Waals surface area (Å²) >= 11 is 6.14. The third kappa shape index (κ3) is 2.33. The molecule has 15 heavy (non-hydrogen) atoms. The predicted octanol–water partition coefficient (Wildman–Crippen LogP) is 2.30. The molecule has 82 valence electrons. The van der Waals surface area contributed by atoms with Gasteiger partial charge >= 0.3 is 0 Å². The smallest absolute Gasteiger partial charge is 0.0657 e. The zero-order chi connectivity index (χ0) is 10.9. The molecule has 0 bridgehead atoms. The first-order chi connectivity index (χ1) is 7.15. The molecule has 0 amide bonds. The summed E-state index contributed by atoms with van der Waals surface area (Å²) < 4.78 is 0. The monoisotopic (exact) mass is 225 g/mol. The van der Waals surface area contributed by atoms with Gasteiger partial charge in [-0.15, -0.1) is 0 Å². The van der Waals surface area contributed by atoms with E-state index in [1.165, 1.54) is 12.8 Å². The first-order valence-corrected chi connectivity index (χ1v) is 5.67. The van der Waals surface area contributed by atoms with Gasteiger partial charge in [0.25, 0.3) is 0 Å². The van der Waals surface area contributed by atoms with Crippen LogP contribution in [0.1, 0.15) is 25.3 Å². The molecule has 0 spiro atoms. The maximum Gasteiger partial charge on any atom is 0.0657 e. The quantitative estimate of drug-likeness (QED) is 0.824. The molecule has 1 aromatic carbocycles. The van der Waals surface area contributed by atoms with E-state index in [0.717, 1.165) is 5.56 Å². The van der Waals surface area contributed by atoms with Gasteiger partial charge in [0.1, 0.15) is 0 Å². The predicted molar refractivity (Wildman–Crippen MR) is 62.0 cm³/mol. The van der Waals surface area contributed by atoms with Crippen molar-refractivity contribution in [2.45, 2.75) is 31.3 Å². The lowest BCUT2D eigenvalue weighted by Gasteiger charge is -2.30. The van der Waals surface area contributed by atoms with Gasteiger partial charge in [0.2, 0.25) is 0 Å². The van der Waals surface area contributed by atoms with Crippen molar-refractivity contribution in [3.05, 3.63) is 34.9 Å². The van der Waals surface area contributed by atoms with Crippen LogP contribution >= 0.6 is 11.6 Å². The van der Waals surface area contributed by atoms with Crippen LogP contribution in [0.3, 0.4) is 0 Å². The molecule has 1 saturated carbocycles. The molecule has 1 aliphatic rings. The van der Waals surface area contributed by atoms with Gasteiger partial charge in [0.15, 0.2) is 0 Å². The molecule has 0 aliphatic heterocycles. The van der Waals surface area contributed by atoms with Gasteiger partial charge < -0.3 is 10.4 Å². The average Bonchev–Trinajstić information content (AvgIpc) is 3.02. The number of aliphatic hydroxyl groups excluding tert-OH is 1. The largest absolute Gasteiger partial charge is 0.394 e. The van der Waals surface area contributed by atoms with Crippen molar-refractivity contribution < 1.29 is 5.11 Å². The molecule has 0 heterocycles. The number of halogens is 1. The highest BCUT2D eigenvalue weighted by atomic mass is 35.5. The summed E-state index contributed by atoms with van der Waals surface area (Å²) in [4.78, 5) is 0. The molecular formula is C12H16ClNO. The molecule has 1 fully saturated rings. The van der Waals surface area contributed by atoms with Crippen molar-refractivity contribution in [1.82, 2.24) is 5.32 Å². The minimum atomic E-state index is -0.417. The molecule has 3 heteroatoms. The first-order valence-electron chi connectivity index (χ1n) is 5.29. The lowest BCUT2D eigenvalue weighted by atomic mass is 9.92. The molecule has 0 aromatic heterocycles. The second-order valence-electron chi connectivity index (χ2n) is 4.39. The Balaban J connectivity index is 2.27. The van der Waals surface area contributed by atoms with Crippen LogP contribution in [0.15, 0.2) is 24.3 Å². The SMILES string of the molecule is CC(CO)(NC1CC1)c1ccccc1Cl. The van der Waals surface area contributed by atoms with E-state index in [4.69, 9.17) is 11.6 Å². The second kappa shape index (κ2) is 4.12. The zero-order valence-electron chi connectivity index (χ0n) is 8.83. The van der Waals surface area contributed by atoms with E-state index in [-0.39, 0.29) is 6.61 Å². The van der Waals surface area contributed by atoms with E-state index in [9.17, 15) is 5.11 Å². The Morgan fingerprint density at radius 2 is 2.13 bits per heavy atom. The maximum absolute atomic E-state index is 9.52. The lowest BCUT2D eigenvalue weighted by molar-refractivity contribution is 0.173. The molecule has 1 aliphatic carbocycles. The first kappa shape index (κ1) is 10.9. The van der Waals surface area contributed by atoms with Crippen LogP contribution in [0.4, 0.5) is 0 Å². The van der Waals surface area contributed by atoms with Crippen molar-refractivity contribution in [2.75, 3.05) is 6.61 Å². The molecule has 2 rings (SSSR count). The summed E-state index contributed by atoms with van der Waals surface area (Å²) in [6, 6.07) is 8.22. The maximum atomic E-state index is 9.52. The van der Waals surface area contributed by atoms with Crippen molar-refractivity contribution in [2.24, 2.45) is 0 Å². The van der Waals surface area contributed by atoms with Crippen molar-refractivity contribution in [1.29, 1.82) is 0 Å². The fourth-order valence-electron chi connectivity index (χ4n) is 1.80. The molecule has 2 nitrogen and oxygen atoms in total. The summed E-state index contributed by atoms with van der Waals surface area (Å²) in [5, 5.41) is 13.7. The van der Waals surface area contributed by atoms with Gasteiger partial charge in [-0.1, -0.05) is 29.8 Å². The van der Waals surface area contributed by atoms with Gasteiger partial charge in [0.05, 0.1) is 12.1 Å². The molecular weight excluding hydrogens is 210 g/mol. The van der Waals surface area contributed by atoms with E-state index < -0.39 is 5.54 Å². The number of rotatable bonds is 4. The highest BCUT2D eigenvalue weighted by molar-refractivity contribution is 6.31.